The second-order valence-electron chi connectivity index (χ2n) is 5.30. The first-order valence-electron chi connectivity index (χ1n) is 6.87. The molecule has 0 amide bonds. The van der Waals surface area contributed by atoms with Crippen LogP contribution >= 0.6 is 0 Å². The molecule has 0 unspecified atom stereocenters. The van der Waals surface area contributed by atoms with Crippen molar-refractivity contribution in [3.05, 3.63) is 29.6 Å². The predicted octanol–water partition coefficient (Wildman–Crippen LogP) is 2.27. The van der Waals surface area contributed by atoms with Gasteiger partial charge in [-0.1, -0.05) is 25.8 Å². The summed E-state index contributed by atoms with van der Waals surface area (Å²) in [6, 6.07) is 4.02. The quantitative estimate of drug-likeness (QED) is 0.867. The lowest BCUT2D eigenvalue weighted by Gasteiger charge is -2.25. The molecule has 0 atom stereocenters. The van der Waals surface area contributed by atoms with Crippen LogP contribution in [0.5, 0.6) is 0 Å². The van der Waals surface area contributed by atoms with Crippen molar-refractivity contribution in [1.82, 2.24) is 4.98 Å². The minimum Gasteiger partial charge on any atom is -0.329 e. The Balaban J connectivity index is 2.05. The molecule has 1 saturated carbocycles. The molecule has 0 bridgehead atoms. The Morgan fingerprint density at radius 2 is 2.11 bits per heavy atom. The van der Waals surface area contributed by atoms with Gasteiger partial charge in [-0.3, -0.25) is 9.78 Å². The minimum absolute atomic E-state index is 0.259. The van der Waals surface area contributed by atoms with Crippen LogP contribution in [0.1, 0.15) is 43.9 Å². The van der Waals surface area contributed by atoms with E-state index in [9.17, 15) is 4.79 Å². The van der Waals surface area contributed by atoms with Gasteiger partial charge >= 0.3 is 0 Å². The van der Waals surface area contributed by atoms with Crippen LogP contribution in [0.15, 0.2) is 18.3 Å². The highest BCUT2D eigenvalue weighted by Gasteiger charge is 2.39. The summed E-state index contributed by atoms with van der Waals surface area (Å²) in [6.07, 6.45) is 7.45. The molecule has 0 aromatic carbocycles. The maximum absolute atomic E-state index is 12.4. The zero-order chi connectivity index (χ0) is 13.0. The van der Waals surface area contributed by atoms with E-state index < -0.39 is 0 Å². The summed E-state index contributed by atoms with van der Waals surface area (Å²) < 4.78 is 0. The fourth-order valence-electron chi connectivity index (χ4n) is 2.77. The van der Waals surface area contributed by atoms with Gasteiger partial charge in [0.2, 0.25) is 0 Å². The number of nitrogens with zero attached hydrogens (tertiary/aromatic N) is 1. The molecule has 1 aromatic heterocycles. The standard InChI is InChI=1S/C15H22N2O/c1-2-12-5-6-13(17-10-12)9-14(18)15(11-16)7-3-4-8-15/h5-6,10H,2-4,7-9,11,16H2,1H3. The first kappa shape index (κ1) is 13.2. The molecule has 0 aliphatic heterocycles. The number of nitrogens with two attached hydrogens (primary N) is 1. The van der Waals surface area contributed by atoms with E-state index in [0.717, 1.165) is 37.8 Å². The highest BCUT2D eigenvalue weighted by molar-refractivity contribution is 5.87. The number of hydrogen-bond donors (Lipinski definition) is 1. The second kappa shape index (κ2) is 5.61. The molecule has 1 aromatic rings. The van der Waals surface area contributed by atoms with Crippen molar-refractivity contribution in [2.75, 3.05) is 6.54 Å². The van der Waals surface area contributed by atoms with Crippen molar-refractivity contribution in [3.8, 4) is 0 Å². The molecular weight excluding hydrogens is 224 g/mol. The van der Waals surface area contributed by atoms with Gasteiger partial charge in [-0.15, -0.1) is 0 Å². The second-order valence-corrected chi connectivity index (χ2v) is 5.30. The van der Waals surface area contributed by atoms with Gasteiger partial charge in [0.1, 0.15) is 5.78 Å². The first-order valence-corrected chi connectivity index (χ1v) is 6.87. The Bertz CT molecular complexity index is 405. The van der Waals surface area contributed by atoms with Gasteiger partial charge in [-0.2, -0.15) is 0 Å². The Morgan fingerprint density at radius 1 is 1.39 bits per heavy atom. The van der Waals surface area contributed by atoms with E-state index in [1.165, 1.54) is 5.56 Å². The highest BCUT2D eigenvalue weighted by atomic mass is 16.1. The number of rotatable bonds is 5. The predicted molar refractivity (Wildman–Crippen MR) is 72.3 cm³/mol. The maximum atomic E-state index is 12.4. The molecule has 1 fully saturated rings. The van der Waals surface area contributed by atoms with Gasteiger partial charge in [0.05, 0.1) is 0 Å². The number of hydrogen-bond acceptors (Lipinski definition) is 3. The van der Waals surface area contributed by atoms with Crippen LogP contribution in [-0.4, -0.2) is 17.3 Å². The largest absolute Gasteiger partial charge is 0.329 e. The van der Waals surface area contributed by atoms with E-state index in [0.29, 0.717) is 13.0 Å². The molecule has 2 N–H and O–H groups in total. The van der Waals surface area contributed by atoms with Gasteiger partial charge in [0.15, 0.2) is 0 Å². The fourth-order valence-corrected chi connectivity index (χ4v) is 2.77. The monoisotopic (exact) mass is 246 g/mol. The SMILES string of the molecule is CCc1ccc(CC(=O)C2(CN)CCCC2)nc1. The molecule has 2 rings (SSSR count). The zero-order valence-electron chi connectivity index (χ0n) is 11.1. The lowest BCUT2D eigenvalue weighted by molar-refractivity contribution is -0.127. The van der Waals surface area contributed by atoms with Gasteiger partial charge in [-0.05, 0) is 30.9 Å². The molecular formula is C15H22N2O. The Hall–Kier alpha value is -1.22. The molecule has 3 nitrogen and oxygen atoms in total. The van der Waals surface area contributed by atoms with Crippen molar-refractivity contribution in [1.29, 1.82) is 0 Å². The Labute approximate surface area is 109 Å². The van der Waals surface area contributed by atoms with Crippen LogP contribution in [0.3, 0.4) is 0 Å². The summed E-state index contributed by atoms with van der Waals surface area (Å²) in [5.74, 6) is 0.277. The van der Waals surface area contributed by atoms with E-state index in [1.807, 2.05) is 12.3 Å². The number of aryl methyl sites for hydroxylation is 1. The van der Waals surface area contributed by atoms with Gasteiger partial charge in [-0.25, -0.2) is 0 Å². The molecule has 0 spiro atoms. The summed E-state index contributed by atoms with van der Waals surface area (Å²) in [7, 11) is 0. The smallest absolute Gasteiger partial charge is 0.146 e. The average molecular weight is 246 g/mol. The summed E-state index contributed by atoms with van der Waals surface area (Å²) in [5.41, 5.74) is 7.65. The molecule has 1 heterocycles. The molecule has 1 aliphatic carbocycles. The van der Waals surface area contributed by atoms with Crippen LogP contribution in [-0.2, 0) is 17.6 Å². The van der Waals surface area contributed by atoms with Crippen molar-refractivity contribution >= 4 is 5.78 Å². The third-order valence-corrected chi connectivity index (χ3v) is 4.18. The molecule has 0 radical (unpaired) electrons. The van der Waals surface area contributed by atoms with Crippen LogP contribution < -0.4 is 5.73 Å². The van der Waals surface area contributed by atoms with Crippen molar-refractivity contribution in [2.45, 2.75) is 45.4 Å². The summed E-state index contributed by atoms with van der Waals surface area (Å²) in [5, 5.41) is 0. The average Bonchev–Trinajstić information content (AvgIpc) is 2.89. The summed E-state index contributed by atoms with van der Waals surface area (Å²) >= 11 is 0. The number of pyridine rings is 1. The lowest BCUT2D eigenvalue weighted by Crippen LogP contribution is -2.37. The van der Waals surface area contributed by atoms with Crippen molar-refractivity contribution in [2.24, 2.45) is 11.1 Å². The molecule has 98 valence electrons. The topological polar surface area (TPSA) is 56.0 Å². The van der Waals surface area contributed by atoms with Crippen molar-refractivity contribution in [3.63, 3.8) is 0 Å². The molecule has 0 saturated heterocycles. The van der Waals surface area contributed by atoms with Crippen LogP contribution in [0, 0.1) is 5.41 Å². The lowest BCUT2D eigenvalue weighted by atomic mass is 9.80. The third-order valence-electron chi connectivity index (χ3n) is 4.18. The van der Waals surface area contributed by atoms with E-state index in [4.69, 9.17) is 5.73 Å². The fraction of sp³-hybridized carbons (Fsp3) is 0.600. The minimum atomic E-state index is -0.259. The van der Waals surface area contributed by atoms with Gasteiger partial charge < -0.3 is 5.73 Å². The maximum Gasteiger partial charge on any atom is 0.146 e. The number of carbonyl (C=O) groups excluding carboxylic acids is 1. The number of aromatic nitrogens is 1. The first-order chi connectivity index (χ1) is 8.70. The van der Waals surface area contributed by atoms with E-state index >= 15 is 0 Å². The van der Waals surface area contributed by atoms with E-state index in [2.05, 4.69) is 18.0 Å². The molecule has 18 heavy (non-hydrogen) atoms. The highest BCUT2D eigenvalue weighted by Crippen LogP contribution is 2.38. The van der Waals surface area contributed by atoms with E-state index in [-0.39, 0.29) is 11.2 Å². The summed E-state index contributed by atoms with van der Waals surface area (Å²) in [4.78, 5) is 16.8. The van der Waals surface area contributed by atoms with Crippen LogP contribution in [0.2, 0.25) is 0 Å². The number of Topliss-reactive ketones (excluding diaryl/α,β-unsaturated/α-hetero) is 1. The number of ketones is 1. The molecule has 3 heteroatoms. The third kappa shape index (κ3) is 2.61. The molecule has 1 aliphatic rings. The van der Waals surface area contributed by atoms with Crippen LogP contribution in [0.25, 0.3) is 0 Å². The van der Waals surface area contributed by atoms with Crippen LogP contribution in [0.4, 0.5) is 0 Å². The Morgan fingerprint density at radius 3 is 2.61 bits per heavy atom. The normalized spacial score (nSPS) is 17.9. The Kier molecular flexibility index (Phi) is 4.12. The van der Waals surface area contributed by atoms with Crippen molar-refractivity contribution < 1.29 is 4.79 Å². The van der Waals surface area contributed by atoms with Gasteiger partial charge in [0.25, 0.3) is 0 Å². The van der Waals surface area contributed by atoms with E-state index in [1.54, 1.807) is 0 Å². The zero-order valence-corrected chi connectivity index (χ0v) is 11.1. The van der Waals surface area contributed by atoms with Gasteiger partial charge in [0, 0.05) is 30.3 Å². The number of carbonyl (C=O) groups is 1. The summed E-state index contributed by atoms with van der Waals surface area (Å²) in [6.45, 7) is 2.59.